The average molecular weight is 359 g/mol. The molecule has 2 heterocycles. The highest BCUT2D eigenvalue weighted by molar-refractivity contribution is 7.18. The van der Waals surface area contributed by atoms with E-state index in [-0.39, 0.29) is 0 Å². The fraction of sp³-hybridized carbons (Fsp3) is 0.474. The minimum Gasteiger partial charge on any atom is -0.465 e. The summed E-state index contributed by atoms with van der Waals surface area (Å²) in [6.07, 6.45) is 2.05. The van der Waals surface area contributed by atoms with Crippen molar-refractivity contribution < 1.29 is 9.90 Å². The third-order valence-corrected chi connectivity index (χ3v) is 5.73. The van der Waals surface area contributed by atoms with Crippen LogP contribution in [0, 0.1) is 5.92 Å². The second-order valence-electron chi connectivity index (χ2n) is 6.57. The average Bonchev–Trinajstić information content (AvgIpc) is 3.01. The third-order valence-electron chi connectivity index (χ3n) is 4.71. The molecule has 0 aliphatic carbocycles. The molecule has 0 bridgehead atoms. The summed E-state index contributed by atoms with van der Waals surface area (Å²) in [5.74, 6) is 0.350. The lowest BCUT2D eigenvalue weighted by molar-refractivity contribution is 0.159. The molecule has 0 radical (unpaired) electrons. The van der Waals surface area contributed by atoms with Gasteiger partial charge in [-0.3, -0.25) is 9.80 Å². The number of thiazole rings is 1. The molecule has 134 valence electrons. The first-order valence-electron chi connectivity index (χ1n) is 8.84. The fourth-order valence-corrected chi connectivity index (χ4v) is 4.19. The van der Waals surface area contributed by atoms with Gasteiger partial charge in [0.05, 0.1) is 22.5 Å². The van der Waals surface area contributed by atoms with Gasteiger partial charge in [-0.15, -0.1) is 11.3 Å². The van der Waals surface area contributed by atoms with E-state index < -0.39 is 6.09 Å². The number of amides is 1. The van der Waals surface area contributed by atoms with Gasteiger partial charge in [0.15, 0.2) is 0 Å². The van der Waals surface area contributed by atoms with Gasteiger partial charge in [-0.2, -0.15) is 0 Å². The van der Waals surface area contributed by atoms with Crippen LogP contribution in [0.1, 0.15) is 37.8 Å². The van der Waals surface area contributed by atoms with Crippen molar-refractivity contribution in [1.29, 1.82) is 0 Å². The van der Waals surface area contributed by atoms with Crippen molar-refractivity contribution >= 4 is 33.3 Å². The number of allylic oxidation sites excluding steroid dienone is 1. The van der Waals surface area contributed by atoms with E-state index in [1.54, 1.807) is 11.3 Å². The molecular formula is C19H25N3O2S. The van der Waals surface area contributed by atoms with Crippen molar-refractivity contribution in [2.75, 3.05) is 19.6 Å². The van der Waals surface area contributed by atoms with E-state index >= 15 is 0 Å². The number of hydrogen-bond acceptors (Lipinski definition) is 4. The van der Waals surface area contributed by atoms with Crippen molar-refractivity contribution in [2.24, 2.45) is 5.92 Å². The van der Waals surface area contributed by atoms with Gasteiger partial charge in [0, 0.05) is 12.1 Å². The van der Waals surface area contributed by atoms with E-state index in [0.717, 1.165) is 52.5 Å². The predicted molar refractivity (Wildman–Crippen MR) is 103 cm³/mol. The number of fused-ring (bicyclic) bond motifs is 1. The second kappa shape index (κ2) is 7.54. The highest BCUT2D eigenvalue weighted by atomic mass is 32.1. The summed E-state index contributed by atoms with van der Waals surface area (Å²) < 4.78 is 1.15. The maximum absolute atomic E-state index is 11.6. The lowest BCUT2D eigenvalue weighted by Gasteiger charge is -2.29. The van der Waals surface area contributed by atoms with Crippen molar-refractivity contribution in [3.05, 3.63) is 34.8 Å². The molecule has 1 aromatic carbocycles. The summed E-state index contributed by atoms with van der Waals surface area (Å²) >= 11 is 1.72. The first-order chi connectivity index (χ1) is 12.0. The lowest BCUT2D eigenvalue weighted by atomic mass is 9.98. The fourth-order valence-electron chi connectivity index (χ4n) is 3.20. The van der Waals surface area contributed by atoms with Crippen molar-refractivity contribution in [3.63, 3.8) is 0 Å². The Morgan fingerprint density at radius 3 is 2.84 bits per heavy atom. The molecule has 1 N–H and O–H groups in total. The maximum Gasteiger partial charge on any atom is 0.411 e. The van der Waals surface area contributed by atoms with Crippen LogP contribution in [0.2, 0.25) is 0 Å². The Hall–Kier alpha value is -1.92. The number of aromatic nitrogens is 1. The minimum absolute atomic E-state index is 0.350. The van der Waals surface area contributed by atoms with Crippen molar-refractivity contribution in [3.8, 4) is 0 Å². The lowest BCUT2D eigenvalue weighted by Crippen LogP contribution is -2.34. The topological polar surface area (TPSA) is 56.7 Å². The van der Waals surface area contributed by atoms with Crippen LogP contribution < -0.4 is 0 Å². The number of carboxylic acid groups (broad SMARTS) is 1. The number of nitrogens with zero attached hydrogens (tertiary/aromatic N) is 3. The first kappa shape index (κ1) is 17.9. The predicted octanol–water partition coefficient (Wildman–Crippen LogP) is 4.50. The van der Waals surface area contributed by atoms with Crippen LogP contribution in [0.25, 0.3) is 15.9 Å². The van der Waals surface area contributed by atoms with Crippen LogP contribution in [0.4, 0.5) is 4.79 Å². The van der Waals surface area contributed by atoms with E-state index in [2.05, 4.69) is 31.7 Å². The smallest absolute Gasteiger partial charge is 0.411 e. The van der Waals surface area contributed by atoms with Gasteiger partial charge in [-0.05, 0) is 37.6 Å². The summed E-state index contributed by atoms with van der Waals surface area (Å²) in [7, 11) is 0. The molecule has 5 nitrogen and oxygen atoms in total. The van der Waals surface area contributed by atoms with Crippen LogP contribution >= 0.6 is 11.3 Å². The zero-order chi connectivity index (χ0) is 18.0. The van der Waals surface area contributed by atoms with E-state index in [1.807, 2.05) is 18.2 Å². The molecule has 1 aliphatic rings. The highest BCUT2D eigenvalue weighted by Gasteiger charge is 2.25. The number of hydrogen-bond donors (Lipinski definition) is 1. The molecule has 1 atom stereocenters. The molecule has 0 unspecified atom stereocenters. The molecule has 0 saturated heterocycles. The Labute approximate surface area is 152 Å². The van der Waals surface area contributed by atoms with E-state index in [1.165, 1.54) is 4.90 Å². The summed E-state index contributed by atoms with van der Waals surface area (Å²) in [5.41, 5.74) is 2.67. The van der Waals surface area contributed by atoms with Gasteiger partial charge < -0.3 is 5.11 Å². The molecule has 1 aromatic heterocycles. The third kappa shape index (κ3) is 3.85. The Kier molecular flexibility index (Phi) is 5.39. The Morgan fingerprint density at radius 2 is 2.16 bits per heavy atom. The zero-order valence-corrected chi connectivity index (χ0v) is 15.8. The molecule has 25 heavy (non-hydrogen) atoms. The number of carbonyl (C=O) groups is 1. The Morgan fingerprint density at radius 1 is 1.40 bits per heavy atom. The molecule has 1 aliphatic heterocycles. The second-order valence-corrected chi connectivity index (χ2v) is 7.69. The summed E-state index contributed by atoms with van der Waals surface area (Å²) in [5, 5.41) is 10.6. The minimum atomic E-state index is -0.890. The van der Waals surface area contributed by atoms with Gasteiger partial charge in [0.2, 0.25) is 0 Å². The van der Waals surface area contributed by atoms with Crippen molar-refractivity contribution in [2.45, 2.75) is 33.7 Å². The maximum atomic E-state index is 11.6. The van der Waals surface area contributed by atoms with E-state index in [0.29, 0.717) is 12.5 Å². The van der Waals surface area contributed by atoms with Crippen LogP contribution in [-0.4, -0.2) is 45.6 Å². The van der Waals surface area contributed by atoms with E-state index in [4.69, 9.17) is 4.98 Å². The molecule has 0 spiro atoms. The van der Waals surface area contributed by atoms with Crippen LogP contribution in [-0.2, 0) is 6.54 Å². The highest BCUT2D eigenvalue weighted by Crippen LogP contribution is 2.31. The normalized spacial score (nSPS) is 18.0. The molecule has 1 amide bonds. The zero-order valence-electron chi connectivity index (χ0n) is 15.0. The Balaban J connectivity index is 1.91. The summed E-state index contributed by atoms with van der Waals surface area (Å²) in [4.78, 5) is 20.2. The molecule has 3 rings (SSSR count). The SMILES string of the molecule is CCN(CC)Cc1nc2cc(C3=CC[C@H](C)CN3C(=O)O)ccc2s1. The molecule has 6 heteroatoms. The quantitative estimate of drug-likeness (QED) is 0.854. The number of rotatable bonds is 5. The molecule has 0 fully saturated rings. The van der Waals surface area contributed by atoms with Crippen molar-refractivity contribution in [1.82, 2.24) is 14.8 Å². The van der Waals surface area contributed by atoms with Gasteiger partial charge in [-0.25, -0.2) is 9.78 Å². The largest absolute Gasteiger partial charge is 0.465 e. The summed E-state index contributed by atoms with van der Waals surface area (Å²) in [6.45, 7) is 9.82. The Bertz CT molecular complexity index is 795. The number of benzene rings is 1. The van der Waals surface area contributed by atoms with Gasteiger partial charge in [0.1, 0.15) is 5.01 Å². The van der Waals surface area contributed by atoms with Gasteiger partial charge in [0.25, 0.3) is 0 Å². The summed E-state index contributed by atoms with van der Waals surface area (Å²) in [6, 6.07) is 6.10. The van der Waals surface area contributed by atoms with Crippen LogP contribution in [0.3, 0.4) is 0 Å². The van der Waals surface area contributed by atoms with Crippen LogP contribution in [0.5, 0.6) is 0 Å². The van der Waals surface area contributed by atoms with Gasteiger partial charge in [-0.1, -0.05) is 32.9 Å². The van der Waals surface area contributed by atoms with E-state index in [9.17, 15) is 9.90 Å². The first-order valence-corrected chi connectivity index (χ1v) is 9.66. The molecule has 0 saturated carbocycles. The van der Waals surface area contributed by atoms with Gasteiger partial charge >= 0.3 is 6.09 Å². The molecule has 2 aromatic rings. The monoisotopic (exact) mass is 359 g/mol. The molecular weight excluding hydrogens is 334 g/mol. The standard InChI is InChI=1S/C19H25N3O2S/c1-4-21(5-2)12-18-20-15-10-14(7-9-17(15)25-18)16-8-6-13(3)11-22(16)19(23)24/h7-10,13H,4-6,11-12H2,1-3H3,(H,23,24)/t13-/m0/s1. The van der Waals surface area contributed by atoms with Crippen LogP contribution in [0.15, 0.2) is 24.3 Å².